The topological polar surface area (TPSA) is 38.8 Å². The van der Waals surface area contributed by atoms with Crippen LogP contribution in [0.4, 0.5) is 5.69 Å². The second-order valence-corrected chi connectivity index (χ2v) is 13.0. The Kier molecular flexibility index (Phi) is 7.06. The second kappa shape index (κ2) is 9.49. The molecule has 0 aromatic carbocycles. The van der Waals surface area contributed by atoms with Crippen molar-refractivity contribution >= 4 is 31.6 Å². The molecule has 6 heteroatoms. The molecular formula is C26H36NO3PS. The van der Waals surface area contributed by atoms with E-state index < -0.39 is 0 Å². The lowest BCUT2D eigenvalue weighted by molar-refractivity contribution is 0.0183. The van der Waals surface area contributed by atoms with E-state index in [1.807, 2.05) is 0 Å². The summed E-state index contributed by atoms with van der Waals surface area (Å²) >= 11 is 1.46. The first-order valence-corrected chi connectivity index (χ1v) is 13.9. The molecule has 3 fully saturated rings. The van der Waals surface area contributed by atoms with Crippen LogP contribution in [0.1, 0.15) is 87.2 Å². The van der Waals surface area contributed by atoms with Crippen molar-refractivity contribution in [3.05, 3.63) is 27.1 Å². The fourth-order valence-corrected chi connectivity index (χ4v) is 7.30. The molecule has 1 saturated heterocycles. The van der Waals surface area contributed by atoms with Crippen LogP contribution in [0.2, 0.25) is 0 Å². The summed E-state index contributed by atoms with van der Waals surface area (Å²) < 4.78 is 11.4. The van der Waals surface area contributed by atoms with Gasteiger partial charge in [0.1, 0.15) is 4.88 Å². The lowest BCUT2D eigenvalue weighted by Crippen LogP contribution is -2.42. The maximum absolute atomic E-state index is 12.8. The fourth-order valence-electron chi connectivity index (χ4n) is 4.87. The van der Waals surface area contributed by atoms with E-state index in [4.69, 9.17) is 9.47 Å². The summed E-state index contributed by atoms with van der Waals surface area (Å²) in [6, 6.07) is 2.50. The monoisotopic (exact) mass is 473 g/mol. The second-order valence-electron chi connectivity index (χ2n) is 10.2. The van der Waals surface area contributed by atoms with E-state index in [-0.39, 0.29) is 16.7 Å². The number of anilines is 1. The first kappa shape index (κ1) is 23.8. The van der Waals surface area contributed by atoms with Crippen LogP contribution in [0.15, 0.2) is 17.3 Å². The van der Waals surface area contributed by atoms with Gasteiger partial charge < -0.3 is 14.4 Å². The van der Waals surface area contributed by atoms with E-state index in [1.54, 1.807) is 0 Å². The molecule has 3 aliphatic rings. The highest BCUT2D eigenvalue weighted by Crippen LogP contribution is 2.51. The highest BCUT2D eigenvalue weighted by molar-refractivity contribution is 7.40. The molecule has 32 heavy (non-hydrogen) atoms. The molecule has 0 radical (unpaired) electrons. The number of rotatable bonds is 4. The van der Waals surface area contributed by atoms with E-state index in [1.165, 1.54) is 42.3 Å². The minimum Gasteiger partial charge on any atom is -0.465 e. The Morgan fingerprint density at radius 2 is 2.03 bits per heavy atom. The summed E-state index contributed by atoms with van der Waals surface area (Å²) in [4.78, 5) is 16.9. The zero-order valence-electron chi connectivity index (χ0n) is 20.1. The van der Waals surface area contributed by atoms with E-state index in [2.05, 4.69) is 50.5 Å². The van der Waals surface area contributed by atoms with E-state index in [0.717, 1.165) is 64.3 Å². The molecule has 1 unspecified atom stereocenters. The number of methoxy groups -OCH3 is 1. The Balaban J connectivity index is 1.71. The van der Waals surface area contributed by atoms with E-state index in [9.17, 15) is 4.79 Å². The highest BCUT2D eigenvalue weighted by Gasteiger charge is 2.41. The van der Waals surface area contributed by atoms with Crippen molar-refractivity contribution in [1.29, 1.82) is 0 Å². The van der Waals surface area contributed by atoms with Gasteiger partial charge in [0.15, 0.2) is 0 Å². The third kappa shape index (κ3) is 5.09. The maximum atomic E-state index is 12.8. The Labute approximate surface area is 198 Å². The molecule has 1 aromatic heterocycles. The summed E-state index contributed by atoms with van der Waals surface area (Å²) in [5.74, 6) is 6.37. The molecule has 4 nitrogen and oxygen atoms in total. The average Bonchev–Trinajstić information content (AvgIpc) is 3.33. The van der Waals surface area contributed by atoms with Gasteiger partial charge in [0.25, 0.3) is 0 Å². The standard InChI is InChI=1S/C26H36NO3PS/c1-18(19-7-6-8-19)27(20-9-13-26(14-10-20)30-15-16-31-26)22-17-21(11-12-25(2,3)4)32-23(22)24(28)29-5/h17,20,31H,6-10,13-16H2,1-5H3. The number of hydrogen-bond acceptors (Lipinski definition) is 5. The summed E-state index contributed by atoms with van der Waals surface area (Å²) in [5, 5.41) is 0.128. The Morgan fingerprint density at radius 1 is 1.31 bits per heavy atom. The van der Waals surface area contributed by atoms with Crippen molar-refractivity contribution in [3.8, 4) is 11.8 Å². The van der Waals surface area contributed by atoms with Crippen molar-refractivity contribution in [2.75, 3.05) is 24.8 Å². The Morgan fingerprint density at radius 3 is 2.56 bits per heavy atom. The molecule has 2 aliphatic carbocycles. The van der Waals surface area contributed by atoms with Crippen LogP contribution in [-0.2, 0) is 9.47 Å². The molecule has 2 saturated carbocycles. The minimum absolute atomic E-state index is 0.0845. The van der Waals surface area contributed by atoms with Crippen molar-refractivity contribution in [2.24, 2.45) is 5.41 Å². The predicted octanol–water partition coefficient (Wildman–Crippen LogP) is 6.54. The average molecular weight is 474 g/mol. The van der Waals surface area contributed by atoms with Gasteiger partial charge in [-0.3, -0.25) is 0 Å². The summed E-state index contributed by atoms with van der Waals surface area (Å²) in [5.41, 5.74) is 3.74. The lowest BCUT2D eigenvalue weighted by Gasteiger charge is -2.43. The third-order valence-corrected chi connectivity index (χ3v) is 9.55. The molecule has 0 bridgehead atoms. The zero-order chi connectivity index (χ0) is 22.9. The third-order valence-electron chi connectivity index (χ3n) is 6.79. The number of carbonyl (C=O) groups is 1. The summed E-state index contributed by atoms with van der Waals surface area (Å²) in [6.45, 7) is 9.49. The van der Waals surface area contributed by atoms with Crippen molar-refractivity contribution in [3.63, 3.8) is 0 Å². The van der Waals surface area contributed by atoms with Gasteiger partial charge in [-0.1, -0.05) is 26.0 Å². The van der Waals surface area contributed by atoms with Crippen molar-refractivity contribution in [1.82, 2.24) is 0 Å². The molecule has 1 aromatic rings. The minimum atomic E-state index is -0.266. The molecule has 2 heterocycles. The Hall–Kier alpha value is -1.34. The SMILES string of the molecule is COC(=O)c1sc(C#CC(C)(C)C)cc1N(C(C)=C1CCC1)C1CCC2(CC1)OCCP2. The van der Waals surface area contributed by atoms with Gasteiger partial charge >= 0.3 is 5.97 Å². The molecule has 1 aliphatic heterocycles. The number of ether oxygens (including phenoxy) is 2. The van der Waals surface area contributed by atoms with Crippen LogP contribution in [0.25, 0.3) is 0 Å². The highest BCUT2D eigenvalue weighted by atomic mass is 32.1. The predicted molar refractivity (Wildman–Crippen MR) is 135 cm³/mol. The number of esters is 1. The number of hydrogen-bond donors (Lipinski definition) is 0. The molecule has 0 N–H and O–H groups in total. The largest absolute Gasteiger partial charge is 0.465 e. The lowest BCUT2D eigenvalue weighted by atomic mass is 9.87. The Bertz CT molecular complexity index is 940. The van der Waals surface area contributed by atoms with Crippen molar-refractivity contribution < 1.29 is 14.3 Å². The number of nitrogens with zero attached hydrogens (tertiary/aromatic N) is 1. The van der Waals surface area contributed by atoms with Gasteiger partial charge in [0.2, 0.25) is 0 Å². The fraction of sp³-hybridized carbons (Fsp3) is 0.654. The van der Waals surface area contributed by atoms with Crippen LogP contribution in [0.3, 0.4) is 0 Å². The summed E-state index contributed by atoms with van der Waals surface area (Å²) in [7, 11) is 2.40. The van der Waals surface area contributed by atoms with Gasteiger partial charge in [-0.05, 0) is 84.9 Å². The van der Waals surface area contributed by atoms with Gasteiger partial charge in [-0.15, -0.1) is 11.3 Å². The molecule has 4 rings (SSSR count). The molecule has 174 valence electrons. The zero-order valence-corrected chi connectivity index (χ0v) is 21.9. The maximum Gasteiger partial charge on any atom is 0.350 e. The smallest absolute Gasteiger partial charge is 0.350 e. The van der Waals surface area contributed by atoms with E-state index in [0.29, 0.717) is 10.9 Å². The number of thiophene rings is 1. The van der Waals surface area contributed by atoms with Crippen LogP contribution in [0, 0.1) is 17.3 Å². The van der Waals surface area contributed by atoms with Crippen LogP contribution in [-0.4, -0.2) is 37.2 Å². The van der Waals surface area contributed by atoms with E-state index >= 15 is 0 Å². The van der Waals surface area contributed by atoms with Gasteiger partial charge in [-0.25, -0.2) is 4.79 Å². The van der Waals surface area contributed by atoms with Gasteiger partial charge in [-0.2, -0.15) is 0 Å². The van der Waals surface area contributed by atoms with Crippen LogP contribution in [0.5, 0.6) is 0 Å². The van der Waals surface area contributed by atoms with Gasteiger partial charge in [0.05, 0.1) is 29.6 Å². The first-order valence-electron chi connectivity index (χ1n) is 11.8. The van der Waals surface area contributed by atoms with Crippen molar-refractivity contribution in [2.45, 2.75) is 84.0 Å². The molecular weight excluding hydrogens is 437 g/mol. The van der Waals surface area contributed by atoms with Crippen LogP contribution < -0.4 is 4.90 Å². The summed E-state index contributed by atoms with van der Waals surface area (Å²) in [6.07, 6.45) is 9.22. The number of carbonyl (C=O) groups excluding carboxylic acids is 1. The van der Waals surface area contributed by atoms with Gasteiger partial charge in [0, 0.05) is 17.2 Å². The van der Waals surface area contributed by atoms with Crippen LogP contribution >= 0.6 is 19.9 Å². The molecule has 0 amide bonds. The quantitative estimate of drug-likeness (QED) is 0.283. The first-order chi connectivity index (χ1) is 15.2. The normalized spacial score (nSPS) is 25.9. The number of allylic oxidation sites excluding steroid dienone is 2. The molecule has 1 atom stereocenters. The molecule has 1 spiro atoms.